The van der Waals surface area contributed by atoms with Crippen molar-refractivity contribution in [1.29, 1.82) is 0 Å². The maximum Gasteiger partial charge on any atom is 0.313 e. The Labute approximate surface area is 153 Å². The number of carboxylic acids is 1. The van der Waals surface area contributed by atoms with Gasteiger partial charge in [-0.05, 0) is 54.7 Å². The number of nitrogens with one attached hydrogen (secondary N) is 1. The number of aromatic nitrogens is 1. The third-order valence-electron chi connectivity index (χ3n) is 5.75. The lowest BCUT2D eigenvalue weighted by Gasteiger charge is -2.47. The van der Waals surface area contributed by atoms with Crippen LogP contribution < -0.4 is 0 Å². The number of likely N-dealkylation sites (tertiary alicyclic amines) is 1. The zero-order chi connectivity index (χ0) is 17.4. The van der Waals surface area contributed by atoms with Gasteiger partial charge in [0.2, 0.25) is 0 Å². The van der Waals surface area contributed by atoms with Gasteiger partial charge in [0.25, 0.3) is 0 Å². The highest BCUT2D eigenvalue weighted by Crippen LogP contribution is 2.45. The number of fused-ring (bicyclic) bond motifs is 2. The molecule has 25 heavy (non-hydrogen) atoms. The molecule has 4 rings (SSSR count). The lowest BCUT2D eigenvalue weighted by molar-refractivity contribution is -0.133. The number of H-pyrrole nitrogens is 1. The highest BCUT2D eigenvalue weighted by molar-refractivity contribution is 7.99. The molecular formula is C20H26N2O2S. The van der Waals surface area contributed by atoms with Gasteiger partial charge >= 0.3 is 5.97 Å². The molecule has 1 fully saturated rings. The van der Waals surface area contributed by atoms with Crippen molar-refractivity contribution in [2.45, 2.75) is 38.1 Å². The highest BCUT2D eigenvalue weighted by atomic mass is 32.2. The molecule has 0 spiro atoms. The van der Waals surface area contributed by atoms with E-state index in [0.717, 1.165) is 25.3 Å². The Kier molecular flexibility index (Phi) is 4.78. The minimum Gasteiger partial charge on any atom is -0.481 e. The van der Waals surface area contributed by atoms with Gasteiger partial charge in [-0.25, -0.2) is 0 Å². The summed E-state index contributed by atoms with van der Waals surface area (Å²) in [6, 6.07) is 7.26. The van der Waals surface area contributed by atoms with Gasteiger partial charge in [-0.1, -0.05) is 19.1 Å². The molecule has 1 aromatic carbocycles. The number of aromatic amines is 1. The van der Waals surface area contributed by atoms with Crippen LogP contribution in [0.3, 0.4) is 0 Å². The van der Waals surface area contributed by atoms with E-state index in [0.29, 0.717) is 17.9 Å². The SMILES string of the molecule is CCCN1CC(CSCC(=O)O)CC2c3cccc4[nH]cc(c34)C[C@H]21. The number of thioether (sulfide) groups is 1. The monoisotopic (exact) mass is 358 g/mol. The minimum atomic E-state index is -0.705. The van der Waals surface area contributed by atoms with Gasteiger partial charge in [-0.3, -0.25) is 9.69 Å². The quantitative estimate of drug-likeness (QED) is 0.826. The minimum absolute atomic E-state index is 0.218. The number of piperidine rings is 1. The summed E-state index contributed by atoms with van der Waals surface area (Å²) in [5.41, 5.74) is 4.22. The summed E-state index contributed by atoms with van der Waals surface area (Å²) in [6.07, 6.45) is 5.68. The Balaban J connectivity index is 1.61. The van der Waals surface area contributed by atoms with Crippen LogP contribution in [0.1, 0.15) is 36.8 Å². The van der Waals surface area contributed by atoms with Gasteiger partial charge in [0.15, 0.2) is 0 Å². The second kappa shape index (κ2) is 7.04. The highest BCUT2D eigenvalue weighted by Gasteiger charge is 2.40. The molecule has 1 aliphatic heterocycles. The van der Waals surface area contributed by atoms with Gasteiger partial charge < -0.3 is 10.1 Å². The van der Waals surface area contributed by atoms with E-state index in [1.807, 2.05) is 0 Å². The molecule has 134 valence electrons. The number of carbonyl (C=O) groups is 1. The molecule has 0 bridgehead atoms. The maximum absolute atomic E-state index is 10.8. The third kappa shape index (κ3) is 3.20. The van der Waals surface area contributed by atoms with Gasteiger partial charge in [0.05, 0.1) is 5.75 Å². The maximum atomic E-state index is 10.8. The predicted octanol–water partition coefficient (Wildman–Crippen LogP) is 3.73. The molecule has 5 heteroatoms. The van der Waals surface area contributed by atoms with Crippen molar-refractivity contribution in [3.63, 3.8) is 0 Å². The van der Waals surface area contributed by atoms with E-state index in [1.54, 1.807) is 11.8 Å². The lowest BCUT2D eigenvalue weighted by Crippen LogP contribution is -2.50. The van der Waals surface area contributed by atoms with Crippen molar-refractivity contribution in [3.8, 4) is 0 Å². The predicted molar refractivity (Wildman–Crippen MR) is 103 cm³/mol. The van der Waals surface area contributed by atoms with E-state index in [-0.39, 0.29) is 5.75 Å². The summed E-state index contributed by atoms with van der Waals surface area (Å²) in [4.78, 5) is 17.0. The molecule has 2 heterocycles. The van der Waals surface area contributed by atoms with Crippen LogP contribution in [0.5, 0.6) is 0 Å². The summed E-state index contributed by atoms with van der Waals surface area (Å²) in [5.74, 6) is 1.61. The normalized spacial score (nSPS) is 25.9. The van der Waals surface area contributed by atoms with Crippen LogP contribution in [0.25, 0.3) is 10.9 Å². The number of nitrogens with zero attached hydrogens (tertiary/aromatic N) is 1. The average molecular weight is 359 g/mol. The fraction of sp³-hybridized carbons (Fsp3) is 0.550. The Morgan fingerprint density at radius 1 is 1.44 bits per heavy atom. The van der Waals surface area contributed by atoms with Crippen LogP contribution in [-0.4, -0.2) is 51.6 Å². The van der Waals surface area contributed by atoms with E-state index < -0.39 is 5.97 Å². The molecule has 2 N–H and O–H groups in total. The second-order valence-electron chi connectivity index (χ2n) is 7.47. The van der Waals surface area contributed by atoms with Crippen LogP contribution in [0.4, 0.5) is 0 Å². The fourth-order valence-electron chi connectivity index (χ4n) is 4.88. The van der Waals surface area contributed by atoms with Crippen LogP contribution in [0.15, 0.2) is 24.4 Å². The van der Waals surface area contributed by atoms with E-state index >= 15 is 0 Å². The van der Waals surface area contributed by atoms with Crippen LogP contribution in [-0.2, 0) is 11.2 Å². The Morgan fingerprint density at radius 2 is 2.32 bits per heavy atom. The molecule has 0 radical (unpaired) electrons. The largest absolute Gasteiger partial charge is 0.481 e. The zero-order valence-electron chi connectivity index (χ0n) is 14.7. The van der Waals surface area contributed by atoms with Crippen molar-refractivity contribution < 1.29 is 9.90 Å². The molecule has 2 unspecified atom stereocenters. The number of carboxylic acid groups (broad SMARTS) is 1. The molecule has 2 aromatic rings. The van der Waals surface area contributed by atoms with Gasteiger partial charge in [0.1, 0.15) is 0 Å². The van der Waals surface area contributed by atoms with Crippen LogP contribution >= 0.6 is 11.8 Å². The lowest BCUT2D eigenvalue weighted by atomic mass is 9.72. The average Bonchev–Trinajstić information content (AvgIpc) is 3.00. The zero-order valence-corrected chi connectivity index (χ0v) is 15.5. The number of aliphatic carboxylic acids is 1. The molecule has 0 amide bonds. The standard InChI is InChI=1S/C20H26N2O2S/c1-2-6-22-10-13(11-25-12-19(23)24)7-16-15-4-3-5-17-20(15)14(9-21-17)8-18(16)22/h3-5,9,13,16,18,21H,2,6-8,10-12H2,1H3,(H,23,24)/t13?,16?,18-/m1/s1. The Morgan fingerprint density at radius 3 is 3.12 bits per heavy atom. The van der Waals surface area contributed by atoms with Crippen molar-refractivity contribution in [1.82, 2.24) is 9.88 Å². The fourth-order valence-corrected chi connectivity index (χ4v) is 5.74. The summed E-state index contributed by atoms with van der Waals surface area (Å²) in [7, 11) is 0. The molecule has 1 saturated heterocycles. The Bertz CT molecular complexity index is 772. The number of hydrogen-bond donors (Lipinski definition) is 2. The smallest absolute Gasteiger partial charge is 0.313 e. The van der Waals surface area contributed by atoms with Crippen LogP contribution in [0.2, 0.25) is 0 Å². The van der Waals surface area contributed by atoms with Crippen molar-refractivity contribution >= 4 is 28.6 Å². The van der Waals surface area contributed by atoms with E-state index in [2.05, 4.69) is 41.2 Å². The molecular weight excluding hydrogens is 332 g/mol. The number of hydrogen-bond acceptors (Lipinski definition) is 3. The van der Waals surface area contributed by atoms with E-state index in [9.17, 15) is 4.79 Å². The summed E-state index contributed by atoms with van der Waals surface area (Å²) >= 11 is 1.57. The first-order valence-corrected chi connectivity index (χ1v) is 10.4. The van der Waals surface area contributed by atoms with Crippen molar-refractivity contribution in [2.24, 2.45) is 5.92 Å². The molecule has 0 saturated carbocycles. The summed E-state index contributed by atoms with van der Waals surface area (Å²) < 4.78 is 0. The second-order valence-corrected chi connectivity index (χ2v) is 8.50. The van der Waals surface area contributed by atoms with Crippen molar-refractivity contribution in [3.05, 3.63) is 35.5 Å². The van der Waals surface area contributed by atoms with Gasteiger partial charge in [-0.15, -0.1) is 11.8 Å². The van der Waals surface area contributed by atoms with Gasteiger partial charge in [-0.2, -0.15) is 0 Å². The van der Waals surface area contributed by atoms with E-state index in [1.165, 1.54) is 34.9 Å². The van der Waals surface area contributed by atoms with E-state index in [4.69, 9.17) is 5.11 Å². The summed E-state index contributed by atoms with van der Waals surface area (Å²) in [5, 5.41) is 10.4. The Hall–Kier alpha value is -1.46. The van der Waals surface area contributed by atoms with Gasteiger partial charge in [0, 0.05) is 35.6 Å². The number of rotatable bonds is 6. The molecule has 1 aliphatic carbocycles. The van der Waals surface area contributed by atoms with Crippen molar-refractivity contribution in [2.75, 3.05) is 24.6 Å². The topological polar surface area (TPSA) is 56.3 Å². The molecule has 4 nitrogen and oxygen atoms in total. The molecule has 3 atom stereocenters. The third-order valence-corrected chi connectivity index (χ3v) is 6.91. The first kappa shape index (κ1) is 17.0. The first-order valence-electron chi connectivity index (χ1n) is 9.29. The number of benzene rings is 1. The molecule has 1 aromatic heterocycles. The van der Waals surface area contributed by atoms with Crippen LogP contribution in [0, 0.1) is 5.92 Å². The first-order chi connectivity index (χ1) is 12.2. The summed E-state index contributed by atoms with van der Waals surface area (Å²) in [6.45, 7) is 4.50. The molecule has 2 aliphatic rings.